The van der Waals surface area contributed by atoms with Crippen molar-refractivity contribution >= 4 is 23.4 Å². The van der Waals surface area contributed by atoms with Gasteiger partial charge in [0, 0.05) is 26.2 Å². The van der Waals surface area contributed by atoms with Gasteiger partial charge in [-0.15, -0.1) is 5.10 Å². The summed E-state index contributed by atoms with van der Waals surface area (Å²) in [6.07, 6.45) is 3.38. The van der Waals surface area contributed by atoms with Crippen molar-refractivity contribution in [3.05, 3.63) is 47.8 Å². The molecule has 33 heavy (non-hydrogen) atoms. The molecular formula is C24H30N4O5. The largest absolute Gasteiger partial charge is 0.458 e. The highest BCUT2D eigenvalue weighted by molar-refractivity contribution is 6.18. The highest BCUT2D eigenvalue weighted by atomic mass is 16.6. The Bertz CT molecular complexity index is 1080. The number of hydrogen-bond acceptors (Lipinski definition) is 8. The fourth-order valence-electron chi connectivity index (χ4n) is 3.34. The molecule has 1 atom stereocenters. The van der Waals surface area contributed by atoms with Crippen LogP contribution < -0.4 is 4.90 Å². The maximum Gasteiger partial charge on any atom is 0.341 e. The molecule has 1 heterocycles. The third-order valence-electron chi connectivity index (χ3n) is 5.24. The van der Waals surface area contributed by atoms with Crippen LogP contribution in [-0.4, -0.2) is 52.4 Å². The average molecular weight is 455 g/mol. The van der Waals surface area contributed by atoms with E-state index >= 15 is 0 Å². The van der Waals surface area contributed by atoms with Crippen LogP contribution >= 0.6 is 0 Å². The first kappa shape index (κ1) is 24.2. The van der Waals surface area contributed by atoms with Crippen LogP contribution in [0.1, 0.15) is 46.2 Å². The summed E-state index contributed by atoms with van der Waals surface area (Å²) in [6, 6.07) is 7.78. The van der Waals surface area contributed by atoms with E-state index in [0.29, 0.717) is 5.69 Å². The Labute approximate surface area is 193 Å². The molecule has 0 radical (unpaired) electrons. The molecule has 176 valence electrons. The van der Waals surface area contributed by atoms with E-state index in [-0.39, 0.29) is 30.8 Å². The summed E-state index contributed by atoms with van der Waals surface area (Å²) in [4.78, 5) is 39.5. The molecule has 0 spiro atoms. The SMILES string of the molecule is CN(C)c1ccc(-n2cc(COC(=O)[C@]3(C)C=C(C(=O)OC(C)(C)C)C(=O)CC3)nn2)cc1. The topological polar surface area (TPSA) is 104 Å². The van der Waals surface area contributed by atoms with Crippen LogP contribution in [0.15, 0.2) is 42.1 Å². The number of ketones is 1. The van der Waals surface area contributed by atoms with E-state index in [4.69, 9.17) is 9.47 Å². The minimum Gasteiger partial charge on any atom is -0.458 e. The normalized spacial score (nSPS) is 18.5. The number of aromatic nitrogens is 3. The lowest BCUT2D eigenvalue weighted by molar-refractivity contribution is -0.155. The quantitative estimate of drug-likeness (QED) is 0.485. The Balaban J connectivity index is 1.67. The van der Waals surface area contributed by atoms with Crippen molar-refractivity contribution in [1.82, 2.24) is 15.0 Å². The number of ether oxygens (including phenoxy) is 2. The van der Waals surface area contributed by atoms with Crippen LogP contribution in [0.3, 0.4) is 0 Å². The molecule has 0 aliphatic heterocycles. The molecule has 0 unspecified atom stereocenters. The Morgan fingerprint density at radius 1 is 1.18 bits per heavy atom. The van der Waals surface area contributed by atoms with Crippen molar-refractivity contribution in [2.45, 2.75) is 52.7 Å². The lowest BCUT2D eigenvalue weighted by Gasteiger charge is -2.29. The maximum absolute atomic E-state index is 12.8. The summed E-state index contributed by atoms with van der Waals surface area (Å²) in [5.74, 6) is -1.60. The second-order valence-corrected chi connectivity index (χ2v) is 9.54. The molecule has 0 amide bonds. The third-order valence-corrected chi connectivity index (χ3v) is 5.24. The number of carbonyl (C=O) groups excluding carboxylic acids is 3. The van der Waals surface area contributed by atoms with Gasteiger partial charge in [0.2, 0.25) is 0 Å². The maximum atomic E-state index is 12.8. The Morgan fingerprint density at radius 3 is 2.45 bits per heavy atom. The number of anilines is 1. The predicted octanol–water partition coefficient (Wildman–Crippen LogP) is 3.01. The van der Waals surface area contributed by atoms with Gasteiger partial charge in [0.1, 0.15) is 17.9 Å². The first-order chi connectivity index (χ1) is 15.4. The molecule has 1 aliphatic rings. The van der Waals surface area contributed by atoms with Gasteiger partial charge in [0.05, 0.1) is 22.9 Å². The molecule has 0 fully saturated rings. The van der Waals surface area contributed by atoms with Gasteiger partial charge < -0.3 is 14.4 Å². The fraction of sp³-hybridized carbons (Fsp3) is 0.458. The zero-order valence-corrected chi connectivity index (χ0v) is 19.9. The monoisotopic (exact) mass is 454 g/mol. The van der Waals surface area contributed by atoms with Crippen molar-refractivity contribution in [3.63, 3.8) is 0 Å². The second-order valence-electron chi connectivity index (χ2n) is 9.54. The standard InChI is InChI=1S/C24H30N4O5/c1-23(2,3)33-21(30)19-13-24(4,12-11-20(19)29)22(31)32-15-16-14-28(26-25-16)18-9-7-17(8-10-18)27(5)6/h7-10,13-14H,11-12,15H2,1-6H3/t24-/m0/s1. The van der Waals surface area contributed by atoms with Gasteiger partial charge in [-0.2, -0.15) is 0 Å². The van der Waals surface area contributed by atoms with E-state index in [1.165, 1.54) is 6.08 Å². The molecule has 1 aromatic carbocycles. The first-order valence-electron chi connectivity index (χ1n) is 10.7. The molecule has 1 aromatic heterocycles. The van der Waals surface area contributed by atoms with Gasteiger partial charge in [-0.05, 0) is 64.5 Å². The molecule has 2 aromatic rings. The number of carbonyl (C=O) groups is 3. The highest BCUT2D eigenvalue weighted by Gasteiger charge is 2.40. The molecule has 3 rings (SSSR count). The van der Waals surface area contributed by atoms with E-state index in [0.717, 1.165) is 11.4 Å². The molecule has 0 bridgehead atoms. The first-order valence-corrected chi connectivity index (χ1v) is 10.7. The highest BCUT2D eigenvalue weighted by Crippen LogP contribution is 2.34. The summed E-state index contributed by atoms with van der Waals surface area (Å²) in [6.45, 7) is 6.73. The Hall–Kier alpha value is -3.49. The van der Waals surface area contributed by atoms with Crippen LogP contribution in [-0.2, 0) is 30.5 Å². The molecule has 1 aliphatic carbocycles. The van der Waals surface area contributed by atoms with Crippen LogP contribution in [0.5, 0.6) is 0 Å². The fourth-order valence-corrected chi connectivity index (χ4v) is 3.34. The minimum atomic E-state index is -1.11. The van der Waals surface area contributed by atoms with Crippen molar-refractivity contribution < 1.29 is 23.9 Å². The zero-order valence-electron chi connectivity index (χ0n) is 19.9. The van der Waals surface area contributed by atoms with Gasteiger partial charge in [-0.1, -0.05) is 5.21 Å². The van der Waals surface area contributed by atoms with Crippen molar-refractivity contribution in [3.8, 4) is 5.69 Å². The Morgan fingerprint density at radius 2 is 1.85 bits per heavy atom. The van der Waals surface area contributed by atoms with Crippen molar-refractivity contribution in [1.29, 1.82) is 0 Å². The number of hydrogen-bond donors (Lipinski definition) is 0. The predicted molar refractivity (Wildman–Crippen MR) is 122 cm³/mol. The lowest BCUT2D eigenvalue weighted by atomic mass is 9.77. The number of Topliss-reactive ketones (excluding diaryl/α,β-unsaturated/α-hetero) is 1. The number of benzene rings is 1. The summed E-state index contributed by atoms with van der Waals surface area (Å²) in [5, 5.41) is 8.16. The number of esters is 2. The Kier molecular flexibility index (Phi) is 6.71. The minimum absolute atomic E-state index is 0.0653. The molecule has 9 nitrogen and oxygen atoms in total. The van der Waals surface area contributed by atoms with E-state index in [1.54, 1.807) is 38.6 Å². The van der Waals surface area contributed by atoms with E-state index in [2.05, 4.69) is 10.3 Å². The summed E-state index contributed by atoms with van der Waals surface area (Å²) in [7, 11) is 3.93. The van der Waals surface area contributed by atoms with Gasteiger partial charge in [-0.3, -0.25) is 9.59 Å². The summed E-state index contributed by atoms with van der Waals surface area (Å²) < 4.78 is 12.4. The van der Waals surface area contributed by atoms with Crippen molar-refractivity contribution in [2.75, 3.05) is 19.0 Å². The van der Waals surface area contributed by atoms with Gasteiger partial charge >= 0.3 is 11.9 Å². The zero-order chi connectivity index (χ0) is 24.4. The molecule has 9 heteroatoms. The smallest absolute Gasteiger partial charge is 0.341 e. The summed E-state index contributed by atoms with van der Waals surface area (Å²) in [5.41, 5.74) is 0.401. The molecule has 0 N–H and O–H groups in total. The van der Waals surface area contributed by atoms with Gasteiger partial charge in [0.15, 0.2) is 5.78 Å². The molecular weight excluding hydrogens is 424 g/mol. The number of rotatable bonds is 6. The lowest BCUT2D eigenvalue weighted by Crippen LogP contribution is -2.36. The van der Waals surface area contributed by atoms with Gasteiger partial charge in [0.25, 0.3) is 0 Å². The van der Waals surface area contributed by atoms with E-state index < -0.39 is 23.0 Å². The van der Waals surface area contributed by atoms with E-state index in [9.17, 15) is 14.4 Å². The third kappa shape index (κ3) is 5.85. The van der Waals surface area contributed by atoms with Gasteiger partial charge in [-0.25, -0.2) is 9.48 Å². The van der Waals surface area contributed by atoms with Crippen molar-refractivity contribution in [2.24, 2.45) is 5.41 Å². The molecule has 0 saturated heterocycles. The van der Waals surface area contributed by atoms with Crippen LogP contribution in [0.4, 0.5) is 5.69 Å². The van der Waals surface area contributed by atoms with E-state index in [1.807, 2.05) is 43.3 Å². The second kappa shape index (κ2) is 9.17. The van der Waals surface area contributed by atoms with Crippen LogP contribution in [0.2, 0.25) is 0 Å². The van der Waals surface area contributed by atoms with Crippen LogP contribution in [0, 0.1) is 5.41 Å². The summed E-state index contributed by atoms with van der Waals surface area (Å²) >= 11 is 0. The average Bonchev–Trinajstić information content (AvgIpc) is 3.21. The van der Waals surface area contributed by atoms with Crippen LogP contribution in [0.25, 0.3) is 5.69 Å². The molecule has 0 saturated carbocycles. The number of nitrogens with zero attached hydrogens (tertiary/aromatic N) is 4.